The highest BCUT2D eigenvalue weighted by Crippen LogP contribution is 2.41. The van der Waals surface area contributed by atoms with Gasteiger partial charge in [0.25, 0.3) is 0 Å². The Bertz CT molecular complexity index is 573. The van der Waals surface area contributed by atoms with Crippen molar-refractivity contribution in [3.8, 4) is 0 Å². The largest absolute Gasteiger partial charge is 0.342 e. The molecule has 4 heteroatoms. The first-order valence-corrected chi connectivity index (χ1v) is 9.35. The Morgan fingerprint density at radius 2 is 1.79 bits per heavy atom. The Morgan fingerprint density at radius 3 is 2.54 bits per heavy atom. The third kappa shape index (κ3) is 3.34. The summed E-state index contributed by atoms with van der Waals surface area (Å²) in [7, 11) is 0. The molecule has 2 saturated heterocycles. The van der Waals surface area contributed by atoms with E-state index < -0.39 is 0 Å². The number of carbonyl (C=O) groups excluding carboxylic acids is 1. The number of amides is 1. The van der Waals surface area contributed by atoms with E-state index in [2.05, 4.69) is 34.5 Å². The van der Waals surface area contributed by atoms with Crippen molar-refractivity contribution in [3.63, 3.8) is 0 Å². The van der Waals surface area contributed by atoms with Crippen molar-refractivity contribution < 1.29 is 4.79 Å². The minimum atomic E-state index is 0. The lowest BCUT2D eigenvalue weighted by Gasteiger charge is -2.45. The fraction of sp³-hybridized carbons (Fsp3) is 0.650. The molecular formula is C20H29ClN2O. The van der Waals surface area contributed by atoms with Crippen LogP contribution in [0.25, 0.3) is 0 Å². The maximum atomic E-state index is 13.1. The molecule has 0 aromatic heterocycles. The number of carbonyl (C=O) groups is 1. The van der Waals surface area contributed by atoms with Crippen LogP contribution in [0.3, 0.4) is 0 Å². The molecule has 0 saturated carbocycles. The van der Waals surface area contributed by atoms with E-state index in [0.29, 0.717) is 11.3 Å². The van der Waals surface area contributed by atoms with Gasteiger partial charge in [-0.2, -0.15) is 0 Å². The molecule has 132 valence electrons. The van der Waals surface area contributed by atoms with Crippen LogP contribution in [0.2, 0.25) is 0 Å². The van der Waals surface area contributed by atoms with Gasteiger partial charge in [0, 0.05) is 13.1 Å². The summed E-state index contributed by atoms with van der Waals surface area (Å²) in [4.78, 5) is 15.3. The second kappa shape index (κ2) is 7.45. The number of benzene rings is 1. The zero-order valence-electron chi connectivity index (χ0n) is 14.4. The molecule has 1 unspecified atom stereocenters. The predicted octanol–water partition coefficient (Wildman–Crippen LogP) is 3.52. The minimum absolute atomic E-state index is 0. The van der Waals surface area contributed by atoms with Crippen LogP contribution in [0.5, 0.6) is 0 Å². The van der Waals surface area contributed by atoms with Crippen LogP contribution >= 0.6 is 12.4 Å². The van der Waals surface area contributed by atoms with Crippen molar-refractivity contribution in [3.05, 3.63) is 35.4 Å². The van der Waals surface area contributed by atoms with E-state index in [1.54, 1.807) is 0 Å². The maximum Gasteiger partial charge on any atom is 0.230 e. The quantitative estimate of drug-likeness (QED) is 0.842. The summed E-state index contributed by atoms with van der Waals surface area (Å²) < 4.78 is 0. The molecule has 24 heavy (non-hydrogen) atoms. The Balaban J connectivity index is 0.00000169. The zero-order valence-corrected chi connectivity index (χ0v) is 15.2. The van der Waals surface area contributed by atoms with Crippen molar-refractivity contribution in [2.75, 3.05) is 26.2 Å². The van der Waals surface area contributed by atoms with E-state index in [9.17, 15) is 4.79 Å². The number of hydrogen-bond acceptors (Lipinski definition) is 2. The molecule has 1 aliphatic carbocycles. The van der Waals surface area contributed by atoms with E-state index in [4.69, 9.17) is 0 Å². The fourth-order valence-corrected chi connectivity index (χ4v) is 4.89. The van der Waals surface area contributed by atoms with Gasteiger partial charge < -0.3 is 10.2 Å². The first-order chi connectivity index (χ1) is 11.3. The molecule has 1 aromatic rings. The molecule has 1 N–H and O–H groups in total. The summed E-state index contributed by atoms with van der Waals surface area (Å²) in [5.74, 6) is 0.503. The highest BCUT2D eigenvalue weighted by atomic mass is 35.5. The first-order valence-electron chi connectivity index (χ1n) is 9.35. The average Bonchev–Trinajstić information content (AvgIpc) is 2.62. The molecule has 3 nitrogen and oxygen atoms in total. The molecule has 1 spiro atoms. The van der Waals surface area contributed by atoms with Crippen molar-refractivity contribution in [1.82, 2.24) is 10.2 Å². The highest BCUT2D eigenvalue weighted by Gasteiger charge is 2.38. The van der Waals surface area contributed by atoms with Gasteiger partial charge in [-0.05, 0) is 74.6 Å². The second-order valence-corrected chi connectivity index (χ2v) is 7.72. The molecule has 2 fully saturated rings. The molecule has 3 aliphatic rings. The number of hydrogen-bond donors (Lipinski definition) is 1. The Hall–Kier alpha value is -1.06. The Kier molecular flexibility index (Phi) is 5.51. The summed E-state index contributed by atoms with van der Waals surface area (Å²) in [6.45, 7) is 4.25. The molecule has 2 heterocycles. The van der Waals surface area contributed by atoms with Gasteiger partial charge >= 0.3 is 0 Å². The average molecular weight is 349 g/mol. The molecule has 4 rings (SSSR count). The molecule has 0 bridgehead atoms. The normalized spacial score (nSPS) is 25.7. The predicted molar refractivity (Wildman–Crippen MR) is 99.7 cm³/mol. The minimum Gasteiger partial charge on any atom is -0.342 e. The van der Waals surface area contributed by atoms with E-state index >= 15 is 0 Å². The molecular weight excluding hydrogens is 320 g/mol. The van der Waals surface area contributed by atoms with Crippen molar-refractivity contribution in [1.29, 1.82) is 0 Å². The van der Waals surface area contributed by atoms with Gasteiger partial charge in [0.05, 0.1) is 5.92 Å². The number of aryl methyl sites for hydroxylation is 1. The summed E-state index contributed by atoms with van der Waals surface area (Å²) in [6.07, 6.45) is 8.31. The lowest BCUT2D eigenvalue weighted by molar-refractivity contribution is -0.135. The standard InChI is InChI=1S/C20H28N2O.ClH/c23-19(18-7-3-5-16-4-1-2-6-17(16)18)22-14-10-20(11-15-22)8-12-21-13-9-20;/h1-2,4,6,18,21H,3,5,7-15H2;1H. The lowest BCUT2D eigenvalue weighted by Crippen LogP contribution is -2.48. The van der Waals surface area contributed by atoms with Crippen LogP contribution in [-0.4, -0.2) is 37.0 Å². The van der Waals surface area contributed by atoms with Gasteiger partial charge in [0.1, 0.15) is 0 Å². The number of nitrogens with one attached hydrogen (secondary N) is 1. The summed E-state index contributed by atoms with van der Waals surface area (Å²) in [5.41, 5.74) is 3.21. The van der Waals surface area contributed by atoms with Crippen LogP contribution in [-0.2, 0) is 11.2 Å². The number of halogens is 1. The number of rotatable bonds is 1. The Morgan fingerprint density at radius 1 is 1.08 bits per heavy atom. The van der Waals surface area contributed by atoms with Gasteiger partial charge in [0.15, 0.2) is 0 Å². The highest BCUT2D eigenvalue weighted by molar-refractivity contribution is 5.85. The summed E-state index contributed by atoms with van der Waals surface area (Å²) in [5, 5.41) is 3.47. The van der Waals surface area contributed by atoms with Crippen LogP contribution < -0.4 is 5.32 Å². The van der Waals surface area contributed by atoms with Crippen molar-refractivity contribution in [2.24, 2.45) is 5.41 Å². The van der Waals surface area contributed by atoms with Gasteiger partial charge in [-0.3, -0.25) is 4.79 Å². The molecule has 1 atom stereocenters. The topological polar surface area (TPSA) is 32.3 Å². The summed E-state index contributed by atoms with van der Waals surface area (Å²) in [6, 6.07) is 8.57. The maximum absolute atomic E-state index is 13.1. The van der Waals surface area contributed by atoms with Crippen LogP contribution in [0, 0.1) is 5.41 Å². The number of fused-ring (bicyclic) bond motifs is 1. The molecule has 0 radical (unpaired) electrons. The van der Waals surface area contributed by atoms with Crippen LogP contribution in [0.4, 0.5) is 0 Å². The van der Waals surface area contributed by atoms with Crippen molar-refractivity contribution in [2.45, 2.75) is 50.9 Å². The smallest absolute Gasteiger partial charge is 0.230 e. The molecule has 2 aliphatic heterocycles. The second-order valence-electron chi connectivity index (χ2n) is 7.72. The summed E-state index contributed by atoms with van der Waals surface area (Å²) >= 11 is 0. The number of likely N-dealkylation sites (tertiary alicyclic amines) is 1. The van der Waals surface area contributed by atoms with Gasteiger partial charge in [0.2, 0.25) is 5.91 Å². The SMILES string of the molecule is Cl.O=C(C1CCCc2ccccc21)N1CCC2(CCNCC2)CC1. The molecule has 1 amide bonds. The first kappa shape index (κ1) is 17.8. The zero-order chi connectivity index (χ0) is 15.7. The lowest BCUT2D eigenvalue weighted by atomic mass is 9.71. The monoisotopic (exact) mass is 348 g/mol. The Labute approximate surface area is 151 Å². The fourth-order valence-electron chi connectivity index (χ4n) is 4.89. The number of piperidine rings is 2. The number of nitrogens with zero attached hydrogens (tertiary/aromatic N) is 1. The van der Waals surface area contributed by atoms with Crippen LogP contribution in [0.1, 0.15) is 55.6 Å². The van der Waals surface area contributed by atoms with Crippen molar-refractivity contribution >= 4 is 18.3 Å². The van der Waals surface area contributed by atoms with Gasteiger partial charge in [-0.15, -0.1) is 12.4 Å². The van der Waals surface area contributed by atoms with Gasteiger partial charge in [-0.25, -0.2) is 0 Å². The van der Waals surface area contributed by atoms with E-state index in [1.165, 1.54) is 36.8 Å². The van der Waals surface area contributed by atoms with E-state index in [-0.39, 0.29) is 18.3 Å². The molecule has 1 aromatic carbocycles. The van der Waals surface area contributed by atoms with E-state index in [1.807, 2.05) is 0 Å². The third-order valence-corrected chi connectivity index (χ3v) is 6.47. The van der Waals surface area contributed by atoms with Crippen LogP contribution in [0.15, 0.2) is 24.3 Å². The van der Waals surface area contributed by atoms with E-state index in [0.717, 1.165) is 45.4 Å². The van der Waals surface area contributed by atoms with Gasteiger partial charge in [-0.1, -0.05) is 24.3 Å². The third-order valence-electron chi connectivity index (χ3n) is 6.47.